The van der Waals surface area contributed by atoms with E-state index in [2.05, 4.69) is 45.2 Å². The van der Waals surface area contributed by atoms with Crippen molar-refractivity contribution in [1.82, 2.24) is 24.6 Å². The maximum absolute atomic E-state index is 11.7. The van der Waals surface area contributed by atoms with Crippen molar-refractivity contribution in [3.05, 3.63) is 102 Å². The Labute approximate surface area is 221 Å². The van der Waals surface area contributed by atoms with Crippen molar-refractivity contribution in [2.24, 2.45) is 5.73 Å². The molecule has 0 aliphatic carbocycles. The summed E-state index contributed by atoms with van der Waals surface area (Å²) in [7, 11) is 0. The number of nitrogens with two attached hydrogens (primary N) is 1. The molecule has 1 saturated heterocycles. The number of amides is 1. The number of hydrogen-bond acceptors (Lipinski definition) is 6. The molecule has 1 aliphatic heterocycles. The topological polar surface area (TPSA) is 102 Å². The van der Waals surface area contributed by atoms with Gasteiger partial charge in [0.2, 0.25) is 5.91 Å². The van der Waals surface area contributed by atoms with Crippen LogP contribution >= 0.6 is 0 Å². The number of nitrogens with zero attached hydrogens (tertiary/aromatic N) is 5. The van der Waals surface area contributed by atoms with E-state index in [1.165, 1.54) is 5.56 Å². The Hall–Kier alpha value is -4.56. The van der Waals surface area contributed by atoms with Crippen molar-refractivity contribution in [2.45, 2.75) is 25.4 Å². The first-order chi connectivity index (χ1) is 18.6. The van der Waals surface area contributed by atoms with Crippen LogP contribution in [0.1, 0.15) is 34.8 Å². The van der Waals surface area contributed by atoms with E-state index in [4.69, 9.17) is 20.8 Å². The second kappa shape index (κ2) is 10.4. The van der Waals surface area contributed by atoms with Crippen LogP contribution < -0.4 is 11.1 Å². The van der Waals surface area contributed by atoms with Crippen molar-refractivity contribution < 1.29 is 4.79 Å². The lowest BCUT2D eigenvalue weighted by atomic mass is 10.0. The molecule has 5 aromatic rings. The monoisotopic (exact) mass is 503 g/mol. The van der Waals surface area contributed by atoms with Crippen molar-refractivity contribution >= 4 is 28.4 Å². The van der Waals surface area contributed by atoms with E-state index in [1.807, 2.05) is 42.6 Å². The van der Waals surface area contributed by atoms with Crippen LogP contribution in [-0.4, -0.2) is 43.6 Å². The van der Waals surface area contributed by atoms with Gasteiger partial charge in [0, 0.05) is 36.4 Å². The second-order valence-corrected chi connectivity index (χ2v) is 9.65. The van der Waals surface area contributed by atoms with Crippen LogP contribution in [0, 0.1) is 0 Å². The molecule has 1 aliphatic rings. The van der Waals surface area contributed by atoms with Gasteiger partial charge >= 0.3 is 0 Å². The fourth-order valence-corrected chi connectivity index (χ4v) is 5.06. The van der Waals surface area contributed by atoms with Crippen molar-refractivity contribution in [3.63, 3.8) is 0 Å². The summed E-state index contributed by atoms with van der Waals surface area (Å²) in [5.74, 6) is 0.788. The highest BCUT2D eigenvalue weighted by molar-refractivity contribution is 5.95. The van der Waals surface area contributed by atoms with E-state index in [-0.39, 0.29) is 6.04 Å². The zero-order valence-corrected chi connectivity index (χ0v) is 21.0. The van der Waals surface area contributed by atoms with Gasteiger partial charge in [0.1, 0.15) is 5.82 Å². The third-order valence-electron chi connectivity index (χ3n) is 7.05. The number of primary amides is 1. The van der Waals surface area contributed by atoms with Crippen LogP contribution in [0.25, 0.3) is 22.4 Å². The van der Waals surface area contributed by atoms with Crippen molar-refractivity contribution in [3.8, 4) is 11.4 Å². The maximum atomic E-state index is 11.7. The number of piperidine rings is 1. The van der Waals surface area contributed by atoms with Gasteiger partial charge in [0.05, 0.1) is 17.6 Å². The first kappa shape index (κ1) is 23.8. The van der Waals surface area contributed by atoms with Gasteiger partial charge in [-0.25, -0.2) is 14.6 Å². The Bertz CT molecular complexity index is 1560. The molecular formula is C30H29N7O. The second-order valence-electron chi connectivity index (χ2n) is 9.65. The van der Waals surface area contributed by atoms with Crippen LogP contribution in [-0.2, 0) is 6.54 Å². The van der Waals surface area contributed by atoms with E-state index in [9.17, 15) is 4.79 Å². The fraction of sp³-hybridized carbons (Fsp3) is 0.200. The SMILES string of the molecule is NC(=O)c1cccc(Nc2nc(-c3ccccc3)nc3c2cnn3C2CCN(Cc3ccccc3)CC2)c1. The summed E-state index contributed by atoms with van der Waals surface area (Å²) in [6, 6.07) is 27.9. The summed E-state index contributed by atoms with van der Waals surface area (Å²) < 4.78 is 2.06. The number of likely N-dealkylation sites (tertiary alicyclic amines) is 1. The Morgan fingerprint density at radius 1 is 0.921 bits per heavy atom. The molecule has 1 amide bonds. The minimum atomic E-state index is -0.474. The number of nitrogens with one attached hydrogen (secondary N) is 1. The molecule has 38 heavy (non-hydrogen) atoms. The first-order valence-corrected chi connectivity index (χ1v) is 12.9. The zero-order valence-electron chi connectivity index (χ0n) is 21.0. The van der Waals surface area contributed by atoms with Crippen LogP contribution in [0.2, 0.25) is 0 Å². The largest absolute Gasteiger partial charge is 0.366 e. The molecule has 0 radical (unpaired) electrons. The average molecular weight is 504 g/mol. The molecule has 0 bridgehead atoms. The highest BCUT2D eigenvalue weighted by Gasteiger charge is 2.24. The summed E-state index contributed by atoms with van der Waals surface area (Å²) in [6.07, 6.45) is 3.83. The summed E-state index contributed by atoms with van der Waals surface area (Å²) in [6.45, 7) is 2.97. The van der Waals surface area contributed by atoms with E-state index in [0.717, 1.165) is 54.8 Å². The molecule has 0 saturated carbocycles. The van der Waals surface area contributed by atoms with Crippen LogP contribution in [0.3, 0.4) is 0 Å². The Kier molecular flexibility index (Phi) is 6.54. The molecule has 0 unspecified atom stereocenters. The standard InChI is InChI=1S/C30H29N7O/c31-27(38)23-12-7-13-24(18-23)33-29-26-19-32-37(30(26)35-28(34-29)22-10-5-2-6-11-22)25-14-16-36(17-15-25)20-21-8-3-1-4-9-21/h1-13,18-19,25H,14-17,20H2,(H2,31,38)(H,33,34,35). The molecule has 3 aromatic carbocycles. The number of carbonyl (C=O) groups excluding carboxylic acids is 1. The van der Waals surface area contributed by atoms with Gasteiger partial charge in [-0.3, -0.25) is 9.69 Å². The summed E-state index contributed by atoms with van der Waals surface area (Å²) in [5.41, 5.74) is 9.72. The number of fused-ring (bicyclic) bond motifs is 1. The number of rotatable bonds is 7. The number of carbonyl (C=O) groups is 1. The average Bonchev–Trinajstić information content (AvgIpc) is 3.39. The highest BCUT2D eigenvalue weighted by Crippen LogP contribution is 2.32. The van der Waals surface area contributed by atoms with Crippen LogP contribution in [0.15, 0.2) is 91.1 Å². The molecule has 0 spiro atoms. The zero-order chi connectivity index (χ0) is 25.9. The third-order valence-corrected chi connectivity index (χ3v) is 7.05. The normalized spacial score (nSPS) is 14.5. The van der Waals surface area contributed by atoms with Crippen molar-refractivity contribution in [1.29, 1.82) is 0 Å². The molecule has 3 N–H and O–H groups in total. The Morgan fingerprint density at radius 3 is 2.39 bits per heavy atom. The summed E-state index contributed by atoms with van der Waals surface area (Å²) in [5, 5.41) is 9.01. The predicted octanol–water partition coefficient (Wildman–Crippen LogP) is 5.17. The minimum absolute atomic E-state index is 0.254. The lowest BCUT2D eigenvalue weighted by Gasteiger charge is -2.32. The van der Waals surface area contributed by atoms with E-state index < -0.39 is 5.91 Å². The van der Waals surface area contributed by atoms with E-state index in [1.54, 1.807) is 18.2 Å². The smallest absolute Gasteiger partial charge is 0.248 e. The first-order valence-electron chi connectivity index (χ1n) is 12.9. The Morgan fingerprint density at radius 2 is 1.66 bits per heavy atom. The van der Waals surface area contributed by atoms with Gasteiger partial charge < -0.3 is 11.1 Å². The van der Waals surface area contributed by atoms with Gasteiger partial charge in [-0.05, 0) is 36.6 Å². The fourth-order valence-electron chi connectivity index (χ4n) is 5.06. The molecule has 0 atom stereocenters. The summed E-state index contributed by atoms with van der Waals surface area (Å²) in [4.78, 5) is 24.0. The van der Waals surface area contributed by atoms with Gasteiger partial charge in [-0.15, -0.1) is 0 Å². The van der Waals surface area contributed by atoms with Crippen LogP contribution in [0.4, 0.5) is 11.5 Å². The van der Waals surface area contributed by atoms with Gasteiger partial charge in [0.25, 0.3) is 0 Å². The lowest BCUT2D eigenvalue weighted by Crippen LogP contribution is -2.34. The molecule has 8 nitrogen and oxygen atoms in total. The van der Waals surface area contributed by atoms with Crippen molar-refractivity contribution in [2.75, 3.05) is 18.4 Å². The van der Waals surface area contributed by atoms with Crippen LogP contribution in [0.5, 0.6) is 0 Å². The molecular weight excluding hydrogens is 474 g/mol. The van der Waals surface area contributed by atoms with Gasteiger partial charge in [-0.2, -0.15) is 5.10 Å². The van der Waals surface area contributed by atoms with Gasteiger partial charge in [0.15, 0.2) is 11.5 Å². The molecule has 190 valence electrons. The van der Waals surface area contributed by atoms with E-state index in [0.29, 0.717) is 17.2 Å². The molecule has 8 heteroatoms. The lowest BCUT2D eigenvalue weighted by molar-refractivity contribution is 0.100. The molecule has 3 heterocycles. The third kappa shape index (κ3) is 4.99. The highest BCUT2D eigenvalue weighted by atomic mass is 16.1. The molecule has 6 rings (SSSR count). The minimum Gasteiger partial charge on any atom is -0.366 e. The summed E-state index contributed by atoms with van der Waals surface area (Å²) >= 11 is 0. The quantitative estimate of drug-likeness (QED) is 0.318. The van der Waals surface area contributed by atoms with Gasteiger partial charge in [-0.1, -0.05) is 66.7 Å². The van der Waals surface area contributed by atoms with E-state index >= 15 is 0 Å². The number of anilines is 2. The predicted molar refractivity (Wildman–Crippen MR) is 149 cm³/mol. The number of benzene rings is 3. The maximum Gasteiger partial charge on any atom is 0.248 e. The molecule has 1 fully saturated rings. The Balaban J connectivity index is 1.32. The number of aromatic nitrogens is 4. The molecule has 2 aromatic heterocycles. The number of hydrogen-bond donors (Lipinski definition) is 2.